The highest BCUT2D eigenvalue weighted by molar-refractivity contribution is 7.09. The lowest BCUT2D eigenvalue weighted by atomic mass is 10.1. The number of rotatable bonds is 2. The number of likely N-dealkylation sites (tertiary alicyclic amines) is 1. The van der Waals surface area contributed by atoms with Gasteiger partial charge >= 0.3 is 0 Å². The molecule has 1 saturated heterocycles. The number of aryl methyl sites for hydroxylation is 1. The van der Waals surface area contributed by atoms with Gasteiger partial charge in [0.2, 0.25) is 0 Å². The number of thiazole rings is 1. The summed E-state index contributed by atoms with van der Waals surface area (Å²) in [5.41, 5.74) is 7.10. The van der Waals surface area contributed by atoms with E-state index in [2.05, 4.69) is 22.2 Å². The highest BCUT2D eigenvalue weighted by atomic mass is 32.1. The molecule has 2 atom stereocenters. The van der Waals surface area contributed by atoms with Gasteiger partial charge in [0, 0.05) is 30.2 Å². The fourth-order valence-corrected chi connectivity index (χ4v) is 2.70. The Morgan fingerprint density at radius 3 is 2.93 bits per heavy atom. The predicted molar refractivity (Wildman–Crippen MR) is 59.3 cm³/mol. The summed E-state index contributed by atoms with van der Waals surface area (Å²) in [7, 11) is 0. The number of hydrogen-bond acceptors (Lipinski definition) is 4. The molecule has 0 bridgehead atoms. The van der Waals surface area contributed by atoms with E-state index in [9.17, 15) is 0 Å². The van der Waals surface area contributed by atoms with E-state index in [-0.39, 0.29) is 0 Å². The van der Waals surface area contributed by atoms with Crippen LogP contribution in [-0.2, 0) is 6.54 Å². The number of aromatic nitrogens is 1. The molecule has 4 heteroatoms. The molecular weight excluding hydrogens is 194 g/mol. The van der Waals surface area contributed by atoms with Gasteiger partial charge in [-0.2, -0.15) is 0 Å². The molecule has 3 nitrogen and oxygen atoms in total. The minimum absolute atomic E-state index is 0.344. The topological polar surface area (TPSA) is 42.1 Å². The molecule has 1 fully saturated rings. The van der Waals surface area contributed by atoms with Gasteiger partial charge in [0.1, 0.15) is 5.01 Å². The van der Waals surface area contributed by atoms with Gasteiger partial charge in [-0.25, -0.2) is 4.98 Å². The van der Waals surface area contributed by atoms with E-state index in [1.54, 1.807) is 11.3 Å². The Morgan fingerprint density at radius 1 is 1.64 bits per heavy atom. The maximum atomic E-state index is 5.97. The SMILES string of the molecule is Cc1csc(CN2CC(C)C(N)C2)n1. The van der Waals surface area contributed by atoms with Crippen molar-refractivity contribution in [1.82, 2.24) is 9.88 Å². The van der Waals surface area contributed by atoms with Gasteiger partial charge < -0.3 is 5.73 Å². The maximum Gasteiger partial charge on any atom is 0.107 e. The van der Waals surface area contributed by atoms with Crippen LogP contribution in [0.1, 0.15) is 17.6 Å². The molecule has 2 N–H and O–H groups in total. The number of nitrogens with two attached hydrogens (primary N) is 1. The summed E-state index contributed by atoms with van der Waals surface area (Å²) in [5, 5.41) is 3.32. The van der Waals surface area contributed by atoms with Crippen LogP contribution >= 0.6 is 11.3 Å². The molecule has 14 heavy (non-hydrogen) atoms. The van der Waals surface area contributed by atoms with Gasteiger partial charge in [0.05, 0.1) is 6.54 Å². The van der Waals surface area contributed by atoms with Gasteiger partial charge in [-0.05, 0) is 12.8 Å². The van der Waals surface area contributed by atoms with Crippen molar-refractivity contribution in [3.05, 3.63) is 16.1 Å². The molecule has 0 spiro atoms. The highest BCUT2D eigenvalue weighted by Gasteiger charge is 2.26. The third kappa shape index (κ3) is 2.13. The van der Waals surface area contributed by atoms with Crippen molar-refractivity contribution in [3.63, 3.8) is 0 Å². The Kier molecular flexibility index (Phi) is 2.85. The van der Waals surface area contributed by atoms with Gasteiger partial charge in [0.15, 0.2) is 0 Å². The maximum absolute atomic E-state index is 5.97. The van der Waals surface area contributed by atoms with Crippen LogP contribution in [0.5, 0.6) is 0 Å². The van der Waals surface area contributed by atoms with Crippen molar-refractivity contribution in [3.8, 4) is 0 Å². The molecule has 0 amide bonds. The van der Waals surface area contributed by atoms with Crippen molar-refractivity contribution in [1.29, 1.82) is 0 Å². The third-order valence-corrected chi connectivity index (χ3v) is 3.72. The minimum atomic E-state index is 0.344. The van der Waals surface area contributed by atoms with E-state index in [0.29, 0.717) is 12.0 Å². The second-order valence-electron chi connectivity index (χ2n) is 4.22. The summed E-state index contributed by atoms with van der Waals surface area (Å²) in [6, 6.07) is 0.344. The van der Waals surface area contributed by atoms with E-state index in [1.807, 2.05) is 6.92 Å². The standard InChI is InChI=1S/C10H17N3S/c1-7-3-13(4-9(7)11)5-10-12-8(2)6-14-10/h6-7,9H,3-5,11H2,1-2H3. The smallest absolute Gasteiger partial charge is 0.107 e. The van der Waals surface area contributed by atoms with Crippen LogP contribution in [0.2, 0.25) is 0 Å². The molecule has 2 rings (SSSR count). The highest BCUT2D eigenvalue weighted by Crippen LogP contribution is 2.18. The van der Waals surface area contributed by atoms with Crippen LogP contribution < -0.4 is 5.73 Å². The monoisotopic (exact) mass is 211 g/mol. The van der Waals surface area contributed by atoms with Gasteiger partial charge in [-0.15, -0.1) is 11.3 Å². The summed E-state index contributed by atoms with van der Waals surface area (Å²) < 4.78 is 0. The molecule has 1 aliphatic heterocycles. The predicted octanol–water partition coefficient (Wildman–Crippen LogP) is 1.23. The normalized spacial score (nSPS) is 28.5. The average Bonchev–Trinajstić information content (AvgIpc) is 2.62. The van der Waals surface area contributed by atoms with Crippen LogP contribution in [0.4, 0.5) is 0 Å². The van der Waals surface area contributed by atoms with Crippen LogP contribution in [-0.4, -0.2) is 29.0 Å². The summed E-state index contributed by atoms with van der Waals surface area (Å²) in [6.45, 7) is 7.35. The van der Waals surface area contributed by atoms with Crippen LogP contribution in [0, 0.1) is 12.8 Å². The van der Waals surface area contributed by atoms with Crippen molar-refractivity contribution in [2.45, 2.75) is 26.4 Å². The summed E-state index contributed by atoms with van der Waals surface area (Å²) in [4.78, 5) is 6.86. The van der Waals surface area contributed by atoms with Crippen LogP contribution in [0.15, 0.2) is 5.38 Å². The second-order valence-corrected chi connectivity index (χ2v) is 5.16. The zero-order valence-electron chi connectivity index (χ0n) is 8.73. The quantitative estimate of drug-likeness (QED) is 0.800. The van der Waals surface area contributed by atoms with E-state index in [1.165, 1.54) is 5.01 Å². The molecule has 0 radical (unpaired) electrons. The Morgan fingerprint density at radius 2 is 2.43 bits per heavy atom. The van der Waals surface area contributed by atoms with Crippen LogP contribution in [0.25, 0.3) is 0 Å². The average molecular weight is 211 g/mol. The minimum Gasteiger partial charge on any atom is -0.326 e. The second kappa shape index (κ2) is 3.96. The molecule has 1 aromatic heterocycles. The number of hydrogen-bond donors (Lipinski definition) is 1. The molecule has 78 valence electrons. The molecular formula is C10H17N3S. The molecule has 2 unspecified atom stereocenters. The summed E-state index contributed by atoms with van der Waals surface area (Å²) in [5.74, 6) is 0.621. The fourth-order valence-electron chi connectivity index (χ4n) is 1.89. The first-order chi connectivity index (χ1) is 6.65. The first kappa shape index (κ1) is 10.1. The Bertz CT molecular complexity index is 300. The molecule has 1 aromatic rings. The zero-order chi connectivity index (χ0) is 10.1. The first-order valence-corrected chi connectivity index (χ1v) is 5.92. The Balaban J connectivity index is 1.93. The van der Waals surface area contributed by atoms with Crippen molar-refractivity contribution >= 4 is 11.3 Å². The van der Waals surface area contributed by atoms with Crippen molar-refractivity contribution in [2.24, 2.45) is 11.7 Å². The lowest BCUT2D eigenvalue weighted by Crippen LogP contribution is -2.28. The van der Waals surface area contributed by atoms with E-state index < -0.39 is 0 Å². The van der Waals surface area contributed by atoms with E-state index >= 15 is 0 Å². The number of nitrogens with zero attached hydrogens (tertiary/aromatic N) is 2. The largest absolute Gasteiger partial charge is 0.326 e. The van der Waals surface area contributed by atoms with E-state index in [4.69, 9.17) is 5.73 Å². The zero-order valence-corrected chi connectivity index (χ0v) is 9.55. The third-order valence-electron chi connectivity index (χ3n) is 2.77. The lowest BCUT2D eigenvalue weighted by Gasteiger charge is -2.12. The molecule has 0 saturated carbocycles. The van der Waals surface area contributed by atoms with Crippen molar-refractivity contribution in [2.75, 3.05) is 13.1 Å². The molecule has 0 aromatic carbocycles. The molecule has 1 aliphatic rings. The summed E-state index contributed by atoms with van der Waals surface area (Å²) >= 11 is 1.75. The van der Waals surface area contributed by atoms with Crippen molar-refractivity contribution < 1.29 is 0 Å². The summed E-state index contributed by atoms with van der Waals surface area (Å²) in [6.07, 6.45) is 0. The lowest BCUT2D eigenvalue weighted by molar-refractivity contribution is 0.318. The Hall–Kier alpha value is -0.450. The Labute approximate surface area is 88.9 Å². The van der Waals surface area contributed by atoms with E-state index in [0.717, 1.165) is 25.3 Å². The molecule has 0 aliphatic carbocycles. The fraction of sp³-hybridized carbons (Fsp3) is 0.700. The molecule has 2 heterocycles. The first-order valence-electron chi connectivity index (χ1n) is 5.04. The van der Waals surface area contributed by atoms with Crippen LogP contribution in [0.3, 0.4) is 0 Å². The van der Waals surface area contributed by atoms with Gasteiger partial charge in [-0.1, -0.05) is 6.92 Å². The van der Waals surface area contributed by atoms with Gasteiger partial charge in [0.25, 0.3) is 0 Å². The van der Waals surface area contributed by atoms with Gasteiger partial charge in [-0.3, -0.25) is 4.90 Å².